The van der Waals surface area contributed by atoms with Gasteiger partial charge in [-0.3, -0.25) is 9.69 Å². The number of halogens is 2. The van der Waals surface area contributed by atoms with Crippen LogP contribution in [0.2, 0.25) is 0 Å². The molecule has 1 aliphatic rings. The highest BCUT2D eigenvalue weighted by Crippen LogP contribution is 2.36. The first-order valence-corrected chi connectivity index (χ1v) is 11.0. The summed E-state index contributed by atoms with van der Waals surface area (Å²) in [6, 6.07) is 10.6. The summed E-state index contributed by atoms with van der Waals surface area (Å²) < 4.78 is 24.6. The van der Waals surface area contributed by atoms with Crippen LogP contribution in [0.3, 0.4) is 0 Å². The van der Waals surface area contributed by atoms with Crippen molar-refractivity contribution >= 4 is 27.9 Å². The minimum absolute atomic E-state index is 0.0216. The molecule has 31 heavy (non-hydrogen) atoms. The first-order valence-electron chi connectivity index (χ1n) is 10.2. The van der Waals surface area contributed by atoms with Crippen LogP contribution in [0.4, 0.5) is 4.39 Å². The normalized spacial score (nSPS) is 19.6. The molecular weight excluding hydrogens is 463 g/mol. The molecule has 2 aromatic rings. The lowest BCUT2D eigenvalue weighted by molar-refractivity contribution is -0.131. The van der Waals surface area contributed by atoms with E-state index in [9.17, 15) is 9.18 Å². The van der Waals surface area contributed by atoms with E-state index in [1.807, 2.05) is 29.2 Å². The SMILES string of the molecule is COc1cc(C=CC(=O)N2C[C@@H](C)N(Cc3ccc(F)cc3)C[C@@H]2C)cc(Br)c1OC. The van der Waals surface area contributed by atoms with Gasteiger partial charge in [0, 0.05) is 37.8 Å². The Morgan fingerprint density at radius 3 is 2.48 bits per heavy atom. The van der Waals surface area contributed by atoms with Gasteiger partial charge in [0.1, 0.15) is 5.82 Å². The molecule has 7 heteroatoms. The summed E-state index contributed by atoms with van der Waals surface area (Å²) in [5.74, 6) is 0.964. The van der Waals surface area contributed by atoms with Crippen molar-refractivity contribution in [2.45, 2.75) is 32.5 Å². The Kier molecular flexibility index (Phi) is 7.73. The summed E-state index contributed by atoms with van der Waals surface area (Å²) in [5, 5.41) is 0. The molecule has 0 unspecified atom stereocenters. The maximum Gasteiger partial charge on any atom is 0.246 e. The van der Waals surface area contributed by atoms with Crippen molar-refractivity contribution in [3.63, 3.8) is 0 Å². The van der Waals surface area contributed by atoms with Crippen molar-refractivity contribution in [1.82, 2.24) is 9.80 Å². The molecule has 0 N–H and O–H groups in total. The molecule has 0 spiro atoms. The fraction of sp³-hybridized carbons (Fsp3) is 0.375. The minimum Gasteiger partial charge on any atom is -0.493 e. The quantitative estimate of drug-likeness (QED) is 0.548. The predicted octanol–water partition coefficient (Wildman–Crippen LogP) is 4.74. The molecular formula is C24H28BrFN2O3. The van der Waals surface area contributed by atoms with Gasteiger partial charge in [0.05, 0.1) is 18.7 Å². The van der Waals surface area contributed by atoms with Crippen LogP contribution in [0.15, 0.2) is 46.9 Å². The standard InChI is InChI=1S/C24H28BrFN2O3/c1-16-14-28(17(2)13-27(16)15-18-5-8-20(26)9-6-18)23(29)10-7-19-11-21(25)24(31-4)22(12-19)30-3/h5-12,16-17H,13-15H2,1-4H3/t16-,17+/m1/s1. The van der Waals surface area contributed by atoms with Crippen LogP contribution in [0.5, 0.6) is 11.5 Å². The van der Waals surface area contributed by atoms with Crippen molar-refractivity contribution in [2.75, 3.05) is 27.3 Å². The molecule has 1 amide bonds. The monoisotopic (exact) mass is 490 g/mol. The molecule has 5 nitrogen and oxygen atoms in total. The number of hydrogen-bond donors (Lipinski definition) is 0. The van der Waals surface area contributed by atoms with E-state index in [4.69, 9.17) is 9.47 Å². The van der Waals surface area contributed by atoms with Crippen molar-refractivity contribution in [2.24, 2.45) is 0 Å². The molecule has 0 aromatic heterocycles. The maximum absolute atomic E-state index is 13.2. The third-order valence-electron chi connectivity index (χ3n) is 5.57. The fourth-order valence-electron chi connectivity index (χ4n) is 3.85. The number of rotatable bonds is 6. The number of methoxy groups -OCH3 is 2. The summed E-state index contributed by atoms with van der Waals surface area (Å²) in [6.45, 7) is 6.32. The first-order chi connectivity index (χ1) is 14.8. The summed E-state index contributed by atoms with van der Waals surface area (Å²) >= 11 is 3.48. The van der Waals surface area contributed by atoms with Crippen LogP contribution in [-0.2, 0) is 11.3 Å². The third-order valence-corrected chi connectivity index (χ3v) is 6.16. The Morgan fingerprint density at radius 2 is 1.84 bits per heavy atom. The predicted molar refractivity (Wildman–Crippen MR) is 124 cm³/mol. The highest BCUT2D eigenvalue weighted by molar-refractivity contribution is 9.10. The molecule has 1 fully saturated rings. The van der Waals surface area contributed by atoms with Gasteiger partial charge in [0.15, 0.2) is 11.5 Å². The number of hydrogen-bond acceptors (Lipinski definition) is 4. The lowest BCUT2D eigenvalue weighted by atomic mass is 10.1. The number of carbonyl (C=O) groups excluding carboxylic acids is 1. The van der Waals surface area contributed by atoms with E-state index < -0.39 is 0 Å². The Morgan fingerprint density at radius 1 is 1.13 bits per heavy atom. The van der Waals surface area contributed by atoms with Crippen LogP contribution >= 0.6 is 15.9 Å². The summed E-state index contributed by atoms with van der Waals surface area (Å²) in [5.41, 5.74) is 1.91. The van der Waals surface area contributed by atoms with Crippen LogP contribution in [0, 0.1) is 5.82 Å². The second-order valence-electron chi connectivity index (χ2n) is 7.82. The number of piperazine rings is 1. The Bertz CT molecular complexity index is 949. The molecule has 0 aliphatic carbocycles. The lowest BCUT2D eigenvalue weighted by Crippen LogP contribution is -2.57. The van der Waals surface area contributed by atoms with E-state index in [0.29, 0.717) is 18.0 Å². The van der Waals surface area contributed by atoms with E-state index in [1.54, 1.807) is 26.4 Å². The summed E-state index contributed by atoms with van der Waals surface area (Å²) in [4.78, 5) is 17.1. The largest absolute Gasteiger partial charge is 0.493 e. The van der Waals surface area contributed by atoms with E-state index in [2.05, 4.69) is 34.7 Å². The molecule has 3 rings (SSSR count). The zero-order valence-corrected chi connectivity index (χ0v) is 19.9. The Balaban J connectivity index is 1.66. The molecule has 1 saturated heterocycles. The minimum atomic E-state index is -0.228. The number of benzene rings is 2. The molecule has 1 aliphatic heterocycles. The lowest BCUT2D eigenvalue weighted by Gasteiger charge is -2.44. The number of ether oxygens (including phenoxy) is 2. The fourth-order valence-corrected chi connectivity index (χ4v) is 4.47. The zero-order valence-electron chi connectivity index (χ0n) is 18.3. The highest BCUT2D eigenvalue weighted by Gasteiger charge is 2.31. The Labute approximate surface area is 191 Å². The highest BCUT2D eigenvalue weighted by atomic mass is 79.9. The van der Waals surface area contributed by atoms with Crippen LogP contribution in [0.25, 0.3) is 6.08 Å². The molecule has 0 radical (unpaired) electrons. The van der Waals surface area contributed by atoms with Crippen molar-refractivity contribution in [3.05, 3.63) is 63.9 Å². The number of nitrogens with zero attached hydrogens (tertiary/aromatic N) is 2. The maximum atomic E-state index is 13.2. The average molecular weight is 491 g/mol. The van der Waals surface area contributed by atoms with Crippen LogP contribution < -0.4 is 9.47 Å². The Hall–Kier alpha value is -2.38. The molecule has 1 heterocycles. The van der Waals surface area contributed by atoms with Gasteiger partial charge in [-0.1, -0.05) is 12.1 Å². The van der Waals surface area contributed by atoms with Crippen LogP contribution in [0.1, 0.15) is 25.0 Å². The third kappa shape index (κ3) is 5.66. The van der Waals surface area contributed by atoms with Gasteiger partial charge in [-0.05, 0) is 71.2 Å². The molecule has 2 aromatic carbocycles. The van der Waals surface area contributed by atoms with Gasteiger partial charge in [0.2, 0.25) is 5.91 Å². The zero-order chi connectivity index (χ0) is 22.5. The first kappa shape index (κ1) is 23.3. The van der Waals surface area contributed by atoms with E-state index in [-0.39, 0.29) is 23.8 Å². The van der Waals surface area contributed by atoms with E-state index in [1.165, 1.54) is 12.1 Å². The van der Waals surface area contributed by atoms with Gasteiger partial charge < -0.3 is 14.4 Å². The van der Waals surface area contributed by atoms with Crippen molar-refractivity contribution < 1.29 is 18.7 Å². The second-order valence-corrected chi connectivity index (χ2v) is 8.67. The number of carbonyl (C=O) groups is 1. The van der Waals surface area contributed by atoms with Gasteiger partial charge >= 0.3 is 0 Å². The van der Waals surface area contributed by atoms with Crippen molar-refractivity contribution in [1.29, 1.82) is 0 Å². The van der Waals surface area contributed by atoms with Crippen molar-refractivity contribution in [3.8, 4) is 11.5 Å². The van der Waals surface area contributed by atoms with Crippen LogP contribution in [-0.4, -0.2) is 55.1 Å². The summed E-state index contributed by atoms with van der Waals surface area (Å²) in [7, 11) is 3.16. The average Bonchev–Trinajstić information content (AvgIpc) is 2.75. The molecule has 166 valence electrons. The number of amides is 1. The smallest absolute Gasteiger partial charge is 0.246 e. The second kappa shape index (κ2) is 10.3. The topological polar surface area (TPSA) is 42.0 Å². The van der Waals surface area contributed by atoms with Gasteiger partial charge in [0.25, 0.3) is 0 Å². The molecule has 2 atom stereocenters. The van der Waals surface area contributed by atoms with E-state index in [0.717, 1.165) is 28.7 Å². The van der Waals surface area contributed by atoms with Gasteiger partial charge in [-0.25, -0.2) is 4.39 Å². The summed E-state index contributed by atoms with van der Waals surface area (Å²) in [6.07, 6.45) is 3.39. The van der Waals surface area contributed by atoms with Gasteiger partial charge in [-0.2, -0.15) is 0 Å². The molecule has 0 saturated carbocycles. The molecule has 0 bridgehead atoms. The van der Waals surface area contributed by atoms with Gasteiger partial charge in [-0.15, -0.1) is 0 Å². The van der Waals surface area contributed by atoms with E-state index >= 15 is 0 Å².